The van der Waals surface area contributed by atoms with E-state index in [1.165, 1.54) is 0 Å². The molecule has 1 atom stereocenters. The van der Waals surface area contributed by atoms with E-state index >= 15 is 0 Å². The van der Waals surface area contributed by atoms with Gasteiger partial charge in [0.1, 0.15) is 0 Å². The lowest BCUT2D eigenvalue weighted by Gasteiger charge is -2.15. The van der Waals surface area contributed by atoms with Crippen molar-refractivity contribution in [1.82, 2.24) is 15.1 Å². The van der Waals surface area contributed by atoms with Crippen molar-refractivity contribution in [3.05, 3.63) is 16.9 Å². The Balaban J connectivity index is 2.68. The molecule has 1 heterocycles. The van der Waals surface area contributed by atoms with Gasteiger partial charge in [0.15, 0.2) is 0 Å². The monoisotopic (exact) mass is 215 g/mol. The Morgan fingerprint density at radius 2 is 2.29 bits per heavy atom. The Hall–Kier alpha value is -0.540. The van der Waals surface area contributed by atoms with Crippen LogP contribution in [0.4, 0.5) is 0 Å². The largest absolute Gasteiger partial charge is 0.315 e. The van der Waals surface area contributed by atoms with E-state index in [1.54, 1.807) is 0 Å². The van der Waals surface area contributed by atoms with Crippen molar-refractivity contribution in [2.24, 2.45) is 0 Å². The van der Waals surface area contributed by atoms with Crippen LogP contribution < -0.4 is 5.32 Å². The van der Waals surface area contributed by atoms with E-state index in [0.717, 1.165) is 30.2 Å². The molecule has 1 N–H and O–H groups in total. The normalized spacial score (nSPS) is 13.1. The number of aromatic nitrogens is 2. The zero-order valence-electron chi connectivity index (χ0n) is 9.05. The number of hydrogen-bond acceptors (Lipinski definition) is 2. The molecule has 0 spiro atoms. The fraction of sp³-hybridized carbons (Fsp3) is 0.700. The Morgan fingerprint density at radius 1 is 1.57 bits per heavy atom. The van der Waals surface area contributed by atoms with Crippen molar-refractivity contribution in [1.29, 1.82) is 0 Å². The van der Waals surface area contributed by atoms with Crippen LogP contribution in [0.1, 0.15) is 32.0 Å². The molecule has 0 aliphatic heterocycles. The van der Waals surface area contributed by atoms with Crippen molar-refractivity contribution < 1.29 is 0 Å². The first-order chi connectivity index (χ1) is 6.69. The Bertz CT molecular complexity index is 263. The molecule has 1 aromatic heterocycles. The summed E-state index contributed by atoms with van der Waals surface area (Å²) in [5, 5.41) is 8.45. The van der Waals surface area contributed by atoms with Crippen LogP contribution in [-0.4, -0.2) is 22.9 Å². The molecule has 0 bridgehead atoms. The average Bonchev–Trinajstić information content (AvgIpc) is 2.48. The van der Waals surface area contributed by atoms with E-state index in [1.807, 2.05) is 17.8 Å². The van der Waals surface area contributed by atoms with E-state index in [9.17, 15) is 0 Å². The van der Waals surface area contributed by atoms with Gasteiger partial charge in [-0.25, -0.2) is 0 Å². The molecule has 1 rings (SSSR count). The van der Waals surface area contributed by atoms with Gasteiger partial charge in [0.05, 0.1) is 16.8 Å². The molecule has 0 saturated heterocycles. The summed E-state index contributed by atoms with van der Waals surface area (Å²) < 4.78 is 1.96. The Kier molecular flexibility index (Phi) is 4.42. The third kappa shape index (κ3) is 2.72. The van der Waals surface area contributed by atoms with Gasteiger partial charge in [-0.3, -0.25) is 4.68 Å². The SMILES string of the molecule is CCNCC(CC)n1cc(Cl)c(C)n1. The maximum Gasteiger partial charge on any atom is 0.0815 e. The Labute approximate surface area is 90.4 Å². The summed E-state index contributed by atoms with van der Waals surface area (Å²) in [6.07, 6.45) is 2.97. The summed E-state index contributed by atoms with van der Waals surface area (Å²) in [6, 6.07) is 0.404. The topological polar surface area (TPSA) is 29.9 Å². The van der Waals surface area contributed by atoms with E-state index in [2.05, 4.69) is 24.3 Å². The second-order valence-electron chi connectivity index (χ2n) is 3.41. The van der Waals surface area contributed by atoms with E-state index < -0.39 is 0 Å². The minimum atomic E-state index is 0.404. The van der Waals surface area contributed by atoms with Gasteiger partial charge in [0.25, 0.3) is 0 Å². The molecule has 0 aliphatic carbocycles. The lowest BCUT2D eigenvalue weighted by molar-refractivity contribution is 0.415. The summed E-state index contributed by atoms with van der Waals surface area (Å²) in [7, 11) is 0. The maximum absolute atomic E-state index is 5.96. The van der Waals surface area contributed by atoms with Crippen molar-refractivity contribution in [3.8, 4) is 0 Å². The first kappa shape index (κ1) is 11.5. The van der Waals surface area contributed by atoms with E-state index in [0.29, 0.717) is 6.04 Å². The molecule has 0 fully saturated rings. The van der Waals surface area contributed by atoms with Crippen LogP contribution in [0.15, 0.2) is 6.20 Å². The number of nitrogens with one attached hydrogen (secondary N) is 1. The summed E-state index contributed by atoms with van der Waals surface area (Å²) in [4.78, 5) is 0. The number of hydrogen-bond donors (Lipinski definition) is 1. The first-order valence-electron chi connectivity index (χ1n) is 5.11. The predicted octanol–water partition coefficient (Wildman–Crippen LogP) is 2.41. The highest BCUT2D eigenvalue weighted by molar-refractivity contribution is 6.31. The highest BCUT2D eigenvalue weighted by atomic mass is 35.5. The molecule has 0 radical (unpaired) electrons. The molecule has 1 aromatic rings. The van der Waals surface area contributed by atoms with Gasteiger partial charge in [-0.15, -0.1) is 0 Å². The summed E-state index contributed by atoms with van der Waals surface area (Å²) in [6.45, 7) is 8.13. The van der Waals surface area contributed by atoms with Gasteiger partial charge >= 0.3 is 0 Å². The van der Waals surface area contributed by atoms with Crippen LogP contribution in [0.5, 0.6) is 0 Å². The second-order valence-corrected chi connectivity index (χ2v) is 3.82. The van der Waals surface area contributed by atoms with Gasteiger partial charge < -0.3 is 5.32 Å². The number of halogens is 1. The first-order valence-corrected chi connectivity index (χ1v) is 5.48. The van der Waals surface area contributed by atoms with Crippen molar-refractivity contribution in [2.45, 2.75) is 33.2 Å². The standard InChI is InChI=1S/C10H18ClN3/c1-4-9(6-12-5-2)14-7-10(11)8(3)13-14/h7,9,12H,4-6H2,1-3H3. The van der Waals surface area contributed by atoms with Crippen LogP contribution >= 0.6 is 11.6 Å². The van der Waals surface area contributed by atoms with Crippen LogP contribution in [0.3, 0.4) is 0 Å². The van der Waals surface area contributed by atoms with E-state index in [4.69, 9.17) is 11.6 Å². The number of likely N-dealkylation sites (N-methyl/N-ethyl adjacent to an activating group) is 1. The minimum absolute atomic E-state index is 0.404. The fourth-order valence-electron chi connectivity index (χ4n) is 1.38. The van der Waals surface area contributed by atoms with Gasteiger partial charge in [-0.1, -0.05) is 25.4 Å². The summed E-state index contributed by atoms with van der Waals surface area (Å²) in [5.74, 6) is 0. The zero-order valence-corrected chi connectivity index (χ0v) is 9.80. The van der Waals surface area contributed by atoms with Gasteiger partial charge in [0.2, 0.25) is 0 Å². The zero-order chi connectivity index (χ0) is 10.6. The highest BCUT2D eigenvalue weighted by Gasteiger charge is 2.10. The summed E-state index contributed by atoms with van der Waals surface area (Å²) >= 11 is 5.96. The van der Waals surface area contributed by atoms with Crippen molar-refractivity contribution in [2.75, 3.05) is 13.1 Å². The number of rotatable bonds is 5. The molecule has 14 heavy (non-hydrogen) atoms. The quantitative estimate of drug-likeness (QED) is 0.818. The van der Waals surface area contributed by atoms with Gasteiger partial charge in [0, 0.05) is 12.7 Å². The lowest BCUT2D eigenvalue weighted by Crippen LogP contribution is -2.25. The molecular weight excluding hydrogens is 198 g/mol. The molecule has 4 heteroatoms. The Morgan fingerprint density at radius 3 is 2.71 bits per heavy atom. The smallest absolute Gasteiger partial charge is 0.0815 e. The molecule has 0 aliphatic rings. The molecule has 1 unspecified atom stereocenters. The second kappa shape index (κ2) is 5.37. The molecular formula is C10H18ClN3. The van der Waals surface area contributed by atoms with Crippen LogP contribution in [-0.2, 0) is 0 Å². The van der Waals surface area contributed by atoms with Crippen molar-refractivity contribution in [3.63, 3.8) is 0 Å². The number of nitrogens with zero attached hydrogens (tertiary/aromatic N) is 2. The maximum atomic E-state index is 5.96. The van der Waals surface area contributed by atoms with Crippen LogP contribution in [0.25, 0.3) is 0 Å². The molecule has 3 nitrogen and oxygen atoms in total. The predicted molar refractivity (Wildman–Crippen MR) is 59.8 cm³/mol. The third-order valence-corrected chi connectivity index (χ3v) is 2.70. The van der Waals surface area contributed by atoms with Crippen LogP contribution in [0, 0.1) is 6.92 Å². The molecule has 0 amide bonds. The molecule has 0 saturated carbocycles. The fourth-order valence-corrected chi connectivity index (χ4v) is 1.52. The average molecular weight is 216 g/mol. The summed E-state index contributed by atoms with van der Waals surface area (Å²) in [5.41, 5.74) is 0.904. The van der Waals surface area contributed by atoms with Gasteiger partial charge in [-0.05, 0) is 19.9 Å². The van der Waals surface area contributed by atoms with Crippen molar-refractivity contribution >= 4 is 11.6 Å². The van der Waals surface area contributed by atoms with E-state index in [-0.39, 0.29) is 0 Å². The lowest BCUT2D eigenvalue weighted by atomic mass is 10.2. The number of aryl methyl sites for hydroxylation is 1. The minimum Gasteiger partial charge on any atom is -0.315 e. The molecule has 80 valence electrons. The van der Waals surface area contributed by atoms with Gasteiger partial charge in [-0.2, -0.15) is 5.10 Å². The third-order valence-electron chi connectivity index (χ3n) is 2.33. The molecule has 0 aromatic carbocycles. The van der Waals surface area contributed by atoms with Crippen LogP contribution in [0.2, 0.25) is 5.02 Å². The highest BCUT2D eigenvalue weighted by Crippen LogP contribution is 2.17.